The van der Waals surface area contributed by atoms with E-state index in [1.54, 1.807) is 0 Å². The van der Waals surface area contributed by atoms with Crippen LogP contribution in [0.5, 0.6) is 0 Å². The van der Waals surface area contributed by atoms with Crippen LogP contribution in [0.25, 0.3) is 0 Å². The summed E-state index contributed by atoms with van der Waals surface area (Å²) in [6.07, 6.45) is 5.86. The Balaban J connectivity index is 1.61. The molecule has 4 rings (SSSR count). The molecule has 8 atom stereocenters. The molecule has 0 aliphatic heterocycles. The molecular weight excluding hydrogens is 212 g/mol. The summed E-state index contributed by atoms with van der Waals surface area (Å²) in [6.45, 7) is 4.19. The molecule has 4 fully saturated rings. The van der Waals surface area contributed by atoms with Crippen molar-refractivity contribution in [2.24, 2.45) is 35.5 Å². The molecule has 2 nitrogen and oxygen atoms in total. The quantitative estimate of drug-likeness (QED) is 0.746. The standard InChI is InChI=1S/C15H24O2/c1-7(2)17-15-11-6-10(14(15)16)12-8-3-4-9(5-8)13(11)12/h7-16H,3-6H2,1-2H3. The summed E-state index contributed by atoms with van der Waals surface area (Å²) in [4.78, 5) is 0. The van der Waals surface area contributed by atoms with Crippen LogP contribution in [-0.2, 0) is 4.74 Å². The van der Waals surface area contributed by atoms with Crippen molar-refractivity contribution in [3.63, 3.8) is 0 Å². The third kappa shape index (κ3) is 1.29. The second kappa shape index (κ2) is 3.48. The molecule has 0 aromatic carbocycles. The molecule has 0 radical (unpaired) electrons. The minimum Gasteiger partial charge on any atom is -0.390 e. The van der Waals surface area contributed by atoms with Crippen LogP contribution < -0.4 is 0 Å². The molecule has 0 amide bonds. The predicted octanol–water partition coefficient (Wildman–Crippen LogP) is 2.45. The van der Waals surface area contributed by atoms with Crippen molar-refractivity contribution in [2.75, 3.05) is 0 Å². The van der Waals surface area contributed by atoms with Gasteiger partial charge in [-0.15, -0.1) is 0 Å². The molecular formula is C15H24O2. The first kappa shape index (κ1) is 10.8. The Bertz CT molecular complexity index is 327. The summed E-state index contributed by atoms with van der Waals surface area (Å²) in [5, 5.41) is 10.5. The number of hydrogen-bond donors (Lipinski definition) is 1. The first-order chi connectivity index (χ1) is 8.16. The van der Waals surface area contributed by atoms with Crippen LogP contribution >= 0.6 is 0 Å². The van der Waals surface area contributed by atoms with E-state index in [4.69, 9.17) is 4.74 Å². The Labute approximate surface area is 104 Å². The molecule has 4 saturated carbocycles. The Morgan fingerprint density at radius 2 is 1.65 bits per heavy atom. The van der Waals surface area contributed by atoms with Gasteiger partial charge in [-0.3, -0.25) is 0 Å². The van der Waals surface area contributed by atoms with E-state index in [0.29, 0.717) is 11.8 Å². The molecule has 0 aromatic heterocycles. The van der Waals surface area contributed by atoms with Gasteiger partial charge in [-0.2, -0.15) is 0 Å². The van der Waals surface area contributed by atoms with Gasteiger partial charge < -0.3 is 9.84 Å². The van der Waals surface area contributed by atoms with Crippen LogP contribution in [0.3, 0.4) is 0 Å². The molecule has 4 bridgehead atoms. The van der Waals surface area contributed by atoms with Gasteiger partial charge in [-0.05, 0) is 75.0 Å². The van der Waals surface area contributed by atoms with Gasteiger partial charge in [-0.25, -0.2) is 0 Å². The molecule has 2 heteroatoms. The van der Waals surface area contributed by atoms with Gasteiger partial charge in [0.2, 0.25) is 0 Å². The first-order valence-corrected chi connectivity index (χ1v) is 7.50. The molecule has 0 aromatic rings. The summed E-state index contributed by atoms with van der Waals surface area (Å²) >= 11 is 0. The number of hydrogen-bond acceptors (Lipinski definition) is 2. The lowest BCUT2D eigenvalue weighted by molar-refractivity contribution is -0.122. The van der Waals surface area contributed by atoms with E-state index in [-0.39, 0.29) is 18.3 Å². The molecule has 0 spiro atoms. The highest BCUT2D eigenvalue weighted by Gasteiger charge is 2.65. The van der Waals surface area contributed by atoms with Crippen molar-refractivity contribution in [2.45, 2.75) is 57.8 Å². The Kier molecular flexibility index (Phi) is 2.21. The molecule has 0 heterocycles. The highest BCUT2D eigenvalue weighted by molar-refractivity contribution is 5.14. The first-order valence-electron chi connectivity index (χ1n) is 7.50. The minimum absolute atomic E-state index is 0.153. The van der Waals surface area contributed by atoms with E-state index in [2.05, 4.69) is 13.8 Å². The van der Waals surface area contributed by atoms with Crippen molar-refractivity contribution in [1.29, 1.82) is 0 Å². The average molecular weight is 236 g/mol. The number of aliphatic hydroxyl groups is 1. The van der Waals surface area contributed by atoms with Crippen LogP contribution in [0.15, 0.2) is 0 Å². The average Bonchev–Trinajstić information content (AvgIpc) is 2.97. The maximum absolute atomic E-state index is 10.5. The van der Waals surface area contributed by atoms with Crippen LogP contribution in [-0.4, -0.2) is 23.4 Å². The number of fused-ring (bicyclic) bond motifs is 9. The third-order valence-corrected chi connectivity index (χ3v) is 6.21. The smallest absolute Gasteiger partial charge is 0.0871 e. The summed E-state index contributed by atoms with van der Waals surface area (Å²) in [6, 6.07) is 0. The largest absolute Gasteiger partial charge is 0.390 e. The lowest BCUT2D eigenvalue weighted by Crippen LogP contribution is -2.46. The SMILES string of the molecule is CC(C)OC1C(O)C2CC1C1C3CCC(C3)C21. The van der Waals surface area contributed by atoms with Gasteiger partial charge in [-0.1, -0.05) is 0 Å². The van der Waals surface area contributed by atoms with Gasteiger partial charge in [0.1, 0.15) is 0 Å². The number of ether oxygens (including phenoxy) is 1. The van der Waals surface area contributed by atoms with E-state index in [1.807, 2.05) is 0 Å². The fraction of sp³-hybridized carbons (Fsp3) is 1.00. The Hall–Kier alpha value is -0.0800. The summed E-state index contributed by atoms with van der Waals surface area (Å²) < 4.78 is 6.02. The monoisotopic (exact) mass is 236 g/mol. The van der Waals surface area contributed by atoms with E-state index in [9.17, 15) is 5.11 Å². The molecule has 96 valence electrons. The van der Waals surface area contributed by atoms with Crippen LogP contribution in [0, 0.1) is 35.5 Å². The van der Waals surface area contributed by atoms with Gasteiger partial charge in [0.15, 0.2) is 0 Å². The Morgan fingerprint density at radius 1 is 1.00 bits per heavy atom. The highest BCUT2D eigenvalue weighted by Crippen LogP contribution is 2.67. The van der Waals surface area contributed by atoms with Crippen LogP contribution in [0.1, 0.15) is 39.5 Å². The maximum Gasteiger partial charge on any atom is 0.0871 e. The van der Waals surface area contributed by atoms with Crippen molar-refractivity contribution in [3.8, 4) is 0 Å². The zero-order chi connectivity index (χ0) is 11.7. The zero-order valence-electron chi connectivity index (χ0n) is 10.9. The second-order valence-electron chi connectivity index (χ2n) is 7.19. The van der Waals surface area contributed by atoms with E-state index in [0.717, 1.165) is 23.7 Å². The Morgan fingerprint density at radius 3 is 2.29 bits per heavy atom. The van der Waals surface area contributed by atoms with Gasteiger partial charge in [0.25, 0.3) is 0 Å². The van der Waals surface area contributed by atoms with E-state index >= 15 is 0 Å². The summed E-state index contributed by atoms with van der Waals surface area (Å²) in [5.74, 6) is 4.95. The topological polar surface area (TPSA) is 29.5 Å². The fourth-order valence-electron chi connectivity index (χ4n) is 5.99. The molecule has 4 aliphatic carbocycles. The predicted molar refractivity (Wildman–Crippen MR) is 65.4 cm³/mol. The summed E-state index contributed by atoms with van der Waals surface area (Å²) in [5.41, 5.74) is 0. The number of aliphatic hydroxyl groups excluding tert-OH is 1. The van der Waals surface area contributed by atoms with E-state index < -0.39 is 0 Å². The lowest BCUT2D eigenvalue weighted by atomic mass is 9.69. The maximum atomic E-state index is 10.5. The lowest BCUT2D eigenvalue weighted by Gasteiger charge is -2.41. The molecule has 1 N–H and O–H groups in total. The van der Waals surface area contributed by atoms with Gasteiger partial charge >= 0.3 is 0 Å². The van der Waals surface area contributed by atoms with Crippen LogP contribution in [0.4, 0.5) is 0 Å². The van der Waals surface area contributed by atoms with Gasteiger partial charge in [0, 0.05) is 0 Å². The second-order valence-corrected chi connectivity index (χ2v) is 7.19. The normalized spacial score (nSPS) is 59.3. The van der Waals surface area contributed by atoms with Crippen molar-refractivity contribution >= 4 is 0 Å². The van der Waals surface area contributed by atoms with Gasteiger partial charge in [0.05, 0.1) is 18.3 Å². The fourth-order valence-corrected chi connectivity index (χ4v) is 5.99. The highest BCUT2D eigenvalue weighted by atomic mass is 16.5. The van der Waals surface area contributed by atoms with Crippen molar-refractivity contribution in [3.05, 3.63) is 0 Å². The summed E-state index contributed by atoms with van der Waals surface area (Å²) in [7, 11) is 0. The zero-order valence-corrected chi connectivity index (χ0v) is 10.9. The van der Waals surface area contributed by atoms with Crippen molar-refractivity contribution in [1.82, 2.24) is 0 Å². The minimum atomic E-state index is -0.164. The molecule has 0 saturated heterocycles. The van der Waals surface area contributed by atoms with E-state index in [1.165, 1.54) is 25.7 Å². The molecule has 4 aliphatic rings. The van der Waals surface area contributed by atoms with Crippen molar-refractivity contribution < 1.29 is 9.84 Å². The number of rotatable bonds is 2. The third-order valence-electron chi connectivity index (χ3n) is 6.21. The molecule has 17 heavy (non-hydrogen) atoms. The van der Waals surface area contributed by atoms with Crippen LogP contribution in [0.2, 0.25) is 0 Å². The molecule has 8 unspecified atom stereocenters.